The second-order valence-electron chi connectivity index (χ2n) is 7.41. The minimum absolute atomic E-state index is 0.521. The van der Waals surface area contributed by atoms with E-state index in [1.165, 1.54) is 22.3 Å². The van der Waals surface area contributed by atoms with E-state index in [1.807, 2.05) is 13.0 Å². The summed E-state index contributed by atoms with van der Waals surface area (Å²) >= 11 is 0. The normalized spacial score (nSPS) is 18.8. The van der Waals surface area contributed by atoms with Crippen molar-refractivity contribution >= 4 is 11.6 Å². The van der Waals surface area contributed by atoms with Gasteiger partial charge in [-0.15, -0.1) is 0 Å². The number of allylic oxidation sites excluding steroid dienone is 5. The Hall–Kier alpha value is -2.48. The van der Waals surface area contributed by atoms with Crippen LogP contribution in [0.3, 0.4) is 0 Å². The summed E-state index contributed by atoms with van der Waals surface area (Å²) in [5.74, 6) is 0. The first-order valence-corrected chi connectivity index (χ1v) is 10.1. The maximum absolute atomic E-state index is 14.5. The molecule has 0 saturated heterocycles. The Morgan fingerprint density at radius 3 is 2.68 bits per heavy atom. The summed E-state index contributed by atoms with van der Waals surface area (Å²) < 4.78 is 27.7. The molecule has 0 radical (unpaired) electrons. The van der Waals surface area contributed by atoms with Crippen molar-refractivity contribution in [1.82, 2.24) is 0 Å². The Balaban J connectivity index is 2.11. The van der Waals surface area contributed by atoms with Crippen molar-refractivity contribution in [2.45, 2.75) is 45.7 Å². The maximum Gasteiger partial charge on any atom is 0.153 e. The molecule has 0 aromatic heterocycles. The number of hydrogen-bond acceptors (Lipinski definition) is 0. The van der Waals surface area contributed by atoms with Crippen LogP contribution in [0.2, 0.25) is 0 Å². The zero-order valence-electron chi connectivity index (χ0n) is 16.7. The molecule has 28 heavy (non-hydrogen) atoms. The molecule has 1 aliphatic rings. The Morgan fingerprint density at radius 2 is 1.93 bits per heavy atom. The van der Waals surface area contributed by atoms with Crippen molar-refractivity contribution in [2.24, 2.45) is 0 Å². The van der Waals surface area contributed by atoms with E-state index in [4.69, 9.17) is 0 Å². The number of rotatable bonds is 5. The van der Waals surface area contributed by atoms with Crippen LogP contribution in [0.1, 0.15) is 48.4 Å². The van der Waals surface area contributed by atoms with Gasteiger partial charge in [-0.25, -0.2) is 8.78 Å². The van der Waals surface area contributed by atoms with E-state index in [-0.39, 0.29) is 0 Å². The van der Waals surface area contributed by atoms with Crippen molar-refractivity contribution in [3.05, 3.63) is 94.1 Å². The van der Waals surface area contributed by atoms with Crippen LogP contribution >= 0.6 is 0 Å². The summed E-state index contributed by atoms with van der Waals surface area (Å²) in [5.41, 5.74) is 7.53. The van der Waals surface area contributed by atoms with Crippen LogP contribution in [0.15, 0.2) is 71.8 Å². The zero-order chi connectivity index (χ0) is 19.9. The second-order valence-corrected chi connectivity index (χ2v) is 7.41. The Bertz CT molecular complexity index is 902. The fraction of sp³-hybridized carbons (Fsp3) is 0.308. The molecule has 3 rings (SSSR count). The van der Waals surface area contributed by atoms with E-state index in [0.29, 0.717) is 12.0 Å². The highest BCUT2D eigenvalue weighted by Gasteiger charge is 2.21. The minimum atomic E-state index is -1.56. The van der Waals surface area contributed by atoms with Gasteiger partial charge in [-0.1, -0.05) is 84.8 Å². The fourth-order valence-electron chi connectivity index (χ4n) is 3.86. The predicted octanol–water partition coefficient (Wildman–Crippen LogP) is 7.44. The Labute approximate surface area is 167 Å². The third-order valence-corrected chi connectivity index (χ3v) is 5.26. The lowest BCUT2D eigenvalue weighted by Gasteiger charge is -2.15. The molecule has 1 unspecified atom stereocenters. The van der Waals surface area contributed by atoms with E-state index in [9.17, 15) is 8.78 Å². The van der Waals surface area contributed by atoms with Gasteiger partial charge in [0.15, 0.2) is 6.17 Å². The molecule has 0 nitrogen and oxygen atoms in total. The molecular weight excluding hydrogens is 350 g/mol. The Morgan fingerprint density at radius 1 is 1.11 bits per heavy atom. The minimum Gasteiger partial charge on any atom is -0.248 e. The summed E-state index contributed by atoms with van der Waals surface area (Å²) in [7, 11) is 0. The van der Waals surface area contributed by atoms with Gasteiger partial charge in [-0.3, -0.25) is 0 Å². The molecular formula is C26H28F2. The van der Waals surface area contributed by atoms with Gasteiger partial charge in [-0.2, -0.15) is 0 Å². The summed E-state index contributed by atoms with van der Waals surface area (Å²) in [5, 5.41) is 0. The number of aryl methyl sites for hydroxylation is 2. The van der Waals surface area contributed by atoms with Gasteiger partial charge in [0.25, 0.3) is 0 Å². The molecule has 1 atom stereocenters. The number of fused-ring (bicyclic) bond motifs is 1. The molecule has 2 aromatic carbocycles. The van der Waals surface area contributed by atoms with Gasteiger partial charge in [0.1, 0.15) is 6.67 Å². The average Bonchev–Trinajstić information content (AvgIpc) is 2.88. The monoisotopic (exact) mass is 378 g/mol. The molecule has 0 spiro atoms. The maximum atomic E-state index is 14.5. The van der Waals surface area contributed by atoms with Gasteiger partial charge in [0, 0.05) is 0 Å². The summed E-state index contributed by atoms with van der Waals surface area (Å²) in [6.45, 7) is 3.11. The quantitative estimate of drug-likeness (QED) is 0.474. The molecule has 0 N–H and O–H groups in total. The lowest BCUT2D eigenvalue weighted by atomic mass is 9.92. The smallest absolute Gasteiger partial charge is 0.153 e. The molecule has 2 aromatic rings. The third-order valence-electron chi connectivity index (χ3n) is 5.26. The highest BCUT2D eigenvalue weighted by Crippen LogP contribution is 2.36. The Kier molecular flexibility index (Phi) is 6.97. The van der Waals surface area contributed by atoms with Crippen molar-refractivity contribution < 1.29 is 8.78 Å². The molecule has 0 amide bonds. The summed E-state index contributed by atoms with van der Waals surface area (Å²) in [6.07, 6.45) is 7.41. The first-order chi connectivity index (χ1) is 13.6. The second kappa shape index (κ2) is 9.64. The number of halogens is 2. The van der Waals surface area contributed by atoms with E-state index in [0.717, 1.165) is 30.4 Å². The van der Waals surface area contributed by atoms with E-state index in [1.54, 1.807) is 6.08 Å². The van der Waals surface area contributed by atoms with Crippen LogP contribution in [0.5, 0.6) is 0 Å². The van der Waals surface area contributed by atoms with Gasteiger partial charge in [0.2, 0.25) is 0 Å². The topological polar surface area (TPSA) is 0 Å². The van der Waals surface area contributed by atoms with Gasteiger partial charge in [0.05, 0.1) is 0 Å². The SMILES string of the molecule is CC/C=C\C(=C1\CCc2ccccc2/C(=C/c2cccc(C)c2)C1)C(F)CF. The van der Waals surface area contributed by atoms with Crippen LogP contribution in [0.4, 0.5) is 8.78 Å². The molecule has 0 aliphatic heterocycles. The molecule has 0 fully saturated rings. The highest BCUT2D eigenvalue weighted by molar-refractivity contribution is 5.84. The number of alkyl halides is 2. The average molecular weight is 379 g/mol. The van der Waals surface area contributed by atoms with Crippen molar-refractivity contribution in [1.29, 1.82) is 0 Å². The molecule has 1 aliphatic carbocycles. The van der Waals surface area contributed by atoms with Crippen molar-refractivity contribution in [2.75, 3.05) is 6.67 Å². The van der Waals surface area contributed by atoms with E-state index in [2.05, 4.69) is 61.5 Å². The van der Waals surface area contributed by atoms with Crippen LogP contribution in [0.25, 0.3) is 11.6 Å². The molecule has 0 bridgehead atoms. The van der Waals surface area contributed by atoms with Gasteiger partial charge >= 0.3 is 0 Å². The highest BCUT2D eigenvalue weighted by atomic mass is 19.2. The summed E-state index contributed by atoms with van der Waals surface area (Å²) in [6, 6.07) is 16.8. The first-order valence-electron chi connectivity index (χ1n) is 10.1. The number of hydrogen-bond donors (Lipinski definition) is 0. The van der Waals surface area contributed by atoms with Crippen LogP contribution in [-0.4, -0.2) is 12.8 Å². The fourth-order valence-corrected chi connectivity index (χ4v) is 3.86. The first kappa shape index (κ1) is 20.3. The number of benzene rings is 2. The van der Waals surface area contributed by atoms with Crippen LogP contribution < -0.4 is 0 Å². The summed E-state index contributed by atoms with van der Waals surface area (Å²) in [4.78, 5) is 0. The van der Waals surface area contributed by atoms with Crippen molar-refractivity contribution in [3.63, 3.8) is 0 Å². The van der Waals surface area contributed by atoms with Crippen LogP contribution in [-0.2, 0) is 6.42 Å². The molecule has 0 heterocycles. The van der Waals surface area contributed by atoms with E-state index >= 15 is 0 Å². The zero-order valence-corrected chi connectivity index (χ0v) is 16.7. The third kappa shape index (κ3) is 4.86. The molecule has 0 saturated carbocycles. The largest absolute Gasteiger partial charge is 0.248 e. The lowest BCUT2D eigenvalue weighted by molar-refractivity contribution is 0.299. The molecule has 146 valence electrons. The molecule has 2 heteroatoms. The van der Waals surface area contributed by atoms with Crippen molar-refractivity contribution in [3.8, 4) is 0 Å². The predicted molar refractivity (Wildman–Crippen MR) is 116 cm³/mol. The van der Waals surface area contributed by atoms with E-state index < -0.39 is 12.8 Å². The standard InChI is InChI=1S/C26H28F2/c1-3-4-11-25(26(28)18-27)22-14-13-21-10-5-6-12-24(21)23(17-22)16-20-9-7-8-19(2)15-20/h4-12,15-16,26H,3,13-14,17-18H2,1-2H3/b11-4-,23-16+,25-22+. The van der Waals surface area contributed by atoms with Gasteiger partial charge < -0.3 is 0 Å². The van der Waals surface area contributed by atoms with Gasteiger partial charge in [-0.05, 0) is 60.4 Å². The lowest BCUT2D eigenvalue weighted by Crippen LogP contribution is -2.09. The van der Waals surface area contributed by atoms with Crippen LogP contribution in [0, 0.1) is 6.92 Å².